The molecule has 0 heterocycles. The van der Waals surface area contributed by atoms with Crippen molar-refractivity contribution in [2.45, 2.75) is 73.8 Å². The fourth-order valence-corrected chi connectivity index (χ4v) is 4.04. The van der Waals surface area contributed by atoms with E-state index in [0.29, 0.717) is 17.4 Å². The quantitative estimate of drug-likeness (QED) is 0.814. The second-order valence-electron chi connectivity index (χ2n) is 8.02. The van der Waals surface area contributed by atoms with Crippen molar-refractivity contribution in [3.05, 3.63) is 33.4 Å². The van der Waals surface area contributed by atoms with Gasteiger partial charge in [0.05, 0.1) is 5.56 Å². The van der Waals surface area contributed by atoms with E-state index in [-0.39, 0.29) is 18.6 Å². The second kappa shape index (κ2) is 8.24. The van der Waals surface area contributed by atoms with Crippen molar-refractivity contribution in [1.29, 1.82) is 0 Å². The van der Waals surface area contributed by atoms with Crippen molar-refractivity contribution >= 4 is 11.9 Å². The standard InChI is InChI=1S/C22H33NO3/c1-12-9-8-10-19(13(12)2)23-20(24)11-26-22(25)21-17(6)15(4)14(3)16(5)18(21)7/h12-13,19H,8-11H2,1-7H3,(H,23,24)/t12-,13+,19+/m1/s1. The summed E-state index contributed by atoms with van der Waals surface area (Å²) in [5.74, 6) is 0.447. The summed E-state index contributed by atoms with van der Waals surface area (Å²) >= 11 is 0. The van der Waals surface area contributed by atoms with Crippen LogP contribution in [0.25, 0.3) is 0 Å². The Morgan fingerprint density at radius 1 is 0.923 bits per heavy atom. The average molecular weight is 360 g/mol. The summed E-state index contributed by atoms with van der Waals surface area (Å²) in [5, 5.41) is 3.05. The van der Waals surface area contributed by atoms with Gasteiger partial charge in [-0.25, -0.2) is 4.79 Å². The first kappa shape index (κ1) is 20.5. The summed E-state index contributed by atoms with van der Waals surface area (Å²) < 4.78 is 5.35. The molecule has 1 N–H and O–H groups in total. The van der Waals surface area contributed by atoms with E-state index in [0.717, 1.165) is 35.1 Å². The molecular formula is C22H33NO3. The molecule has 0 bridgehead atoms. The van der Waals surface area contributed by atoms with E-state index in [9.17, 15) is 9.59 Å². The number of amides is 1. The van der Waals surface area contributed by atoms with E-state index >= 15 is 0 Å². The molecule has 1 aromatic rings. The molecule has 0 spiro atoms. The zero-order valence-corrected chi connectivity index (χ0v) is 17.3. The number of ether oxygens (including phenoxy) is 1. The van der Waals surface area contributed by atoms with Crippen LogP contribution >= 0.6 is 0 Å². The van der Waals surface area contributed by atoms with Crippen LogP contribution in [0.15, 0.2) is 0 Å². The number of carbonyl (C=O) groups is 2. The Labute approximate surface area is 157 Å². The van der Waals surface area contributed by atoms with Gasteiger partial charge >= 0.3 is 5.97 Å². The fraction of sp³-hybridized carbons (Fsp3) is 0.636. The predicted octanol–water partition coefficient (Wildman–Crippen LogP) is 4.33. The lowest BCUT2D eigenvalue weighted by molar-refractivity contribution is -0.125. The largest absolute Gasteiger partial charge is 0.452 e. The maximum atomic E-state index is 12.6. The van der Waals surface area contributed by atoms with Crippen molar-refractivity contribution in [2.75, 3.05) is 6.61 Å². The number of benzene rings is 1. The average Bonchev–Trinajstić information content (AvgIpc) is 2.60. The van der Waals surface area contributed by atoms with Gasteiger partial charge in [-0.05, 0) is 80.7 Å². The van der Waals surface area contributed by atoms with Gasteiger partial charge in [0.2, 0.25) is 0 Å². The van der Waals surface area contributed by atoms with Gasteiger partial charge in [-0.15, -0.1) is 0 Å². The van der Waals surface area contributed by atoms with Crippen LogP contribution in [0.3, 0.4) is 0 Å². The van der Waals surface area contributed by atoms with Crippen LogP contribution in [-0.2, 0) is 9.53 Å². The summed E-state index contributed by atoms with van der Waals surface area (Å²) in [7, 11) is 0. The monoisotopic (exact) mass is 359 g/mol. The van der Waals surface area contributed by atoms with Crippen molar-refractivity contribution in [3.63, 3.8) is 0 Å². The SMILES string of the molecule is Cc1c(C)c(C)c(C(=O)OCC(=O)N[C@H]2CCC[C@@H](C)[C@@H]2C)c(C)c1C. The molecule has 1 aliphatic carbocycles. The number of rotatable bonds is 4. The van der Waals surface area contributed by atoms with Gasteiger partial charge in [0.15, 0.2) is 6.61 Å². The van der Waals surface area contributed by atoms with Crippen LogP contribution in [0.4, 0.5) is 0 Å². The van der Waals surface area contributed by atoms with Gasteiger partial charge in [0, 0.05) is 6.04 Å². The van der Waals surface area contributed by atoms with E-state index < -0.39 is 5.97 Å². The molecule has 1 aromatic carbocycles. The summed E-state index contributed by atoms with van der Waals surface area (Å²) in [5.41, 5.74) is 5.88. The van der Waals surface area contributed by atoms with Gasteiger partial charge in [0.25, 0.3) is 5.91 Å². The topological polar surface area (TPSA) is 55.4 Å². The highest BCUT2D eigenvalue weighted by molar-refractivity contribution is 5.95. The van der Waals surface area contributed by atoms with Crippen LogP contribution in [-0.4, -0.2) is 24.5 Å². The lowest BCUT2D eigenvalue weighted by Gasteiger charge is -2.34. The first-order valence-corrected chi connectivity index (χ1v) is 9.68. The highest BCUT2D eigenvalue weighted by Gasteiger charge is 2.28. The van der Waals surface area contributed by atoms with Crippen molar-refractivity contribution in [1.82, 2.24) is 5.32 Å². The number of esters is 1. The molecule has 0 unspecified atom stereocenters. The van der Waals surface area contributed by atoms with Gasteiger partial charge in [0.1, 0.15) is 0 Å². The highest BCUT2D eigenvalue weighted by Crippen LogP contribution is 2.29. The van der Waals surface area contributed by atoms with Crippen molar-refractivity contribution < 1.29 is 14.3 Å². The molecule has 4 nitrogen and oxygen atoms in total. The Morgan fingerprint density at radius 2 is 1.46 bits per heavy atom. The first-order chi connectivity index (χ1) is 12.1. The fourth-order valence-electron chi connectivity index (χ4n) is 4.04. The van der Waals surface area contributed by atoms with E-state index in [1.165, 1.54) is 12.0 Å². The molecule has 4 heteroatoms. The zero-order chi connectivity index (χ0) is 19.6. The smallest absolute Gasteiger partial charge is 0.339 e. The molecule has 144 valence electrons. The third-order valence-corrected chi connectivity index (χ3v) is 6.59. The first-order valence-electron chi connectivity index (χ1n) is 9.68. The minimum Gasteiger partial charge on any atom is -0.452 e. The molecule has 3 atom stereocenters. The second-order valence-corrected chi connectivity index (χ2v) is 8.02. The zero-order valence-electron chi connectivity index (χ0n) is 17.3. The van der Waals surface area contributed by atoms with Gasteiger partial charge < -0.3 is 10.1 Å². The molecule has 2 rings (SSSR count). The van der Waals surface area contributed by atoms with Crippen LogP contribution in [0.2, 0.25) is 0 Å². The summed E-state index contributed by atoms with van der Waals surface area (Å²) in [6.07, 6.45) is 3.35. The third kappa shape index (κ3) is 4.11. The number of hydrogen-bond acceptors (Lipinski definition) is 3. The third-order valence-electron chi connectivity index (χ3n) is 6.59. The van der Waals surface area contributed by atoms with E-state index in [1.807, 2.05) is 27.7 Å². The summed E-state index contributed by atoms with van der Waals surface area (Å²) in [6, 6.07) is 0.178. The molecular weight excluding hydrogens is 326 g/mol. The maximum absolute atomic E-state index is 12.6. The van der Waals surface area contributed by atoms with Crippen LogP contribution in [0, 0.1) is 46.5 Å². The molecule has 1 aliphatic rings. The molecule has 26 heavy (non-hydrogen) atoms. The molecule has 1 amide bonds. The highest BCUT2D eigenvalue weighted by atomic mass is 16.5. The van der Waals surface area contributed by atoms with Gasteiger partial charge in [-0.2, -0.15) is 0 Å². The minimum atomic E-state index is -0.411. The molecule has 1 saturated carbocycles. The molecule has 0 aliphatic heterocycles. The normalized spacial score (nSPS) is 22.8. The Hall–Kier alpha value is -1.84. The Morgan fingerprint density at radius 3 is 2.04 bits per heavy atom. The van der Waals surface area contributed by atoms with E-state index in [4.69, 9.17) is 4.74 Å². The van der Waals surface area contributed by atoms with Crippen LogP contribution in [0.5, 0.6) is 0 Å². The van der Waals surface area contributed by atoms with Crippen molar-refractivity contribution in [2.24, 2.45) is 11.8 Å². The number of nitrogens with one attached hydrogen (secondary N) is 1. The number of carbonyl (C=O) groups excluding carboxylic acids is 2. The lowest BCUT2D eigenvalue weighted by Crippen LogP contribution is -2.45. The van der Waals surface area contributed by atoms with Gasteiger partial charge in [-0.3, -0.25) is 4.79 Å². The Bertz CT molecular complexity index is 679. The van der Waals surface area contributed by atoms with Crippen molar-refractivity contribution in [3.8, 4) is 0 Å². The minimum absolute atomic E-state index is 0.178. The summed E-state index contributed by atoms with van der Waals surface area (Å²) in [4.78, 5) is 24.9. The summed E-state index contributed by atoms with van der Waals surface area (Å²) in [6.45, 7) is 14.2. The Kier molecular flexibility index (Phi) is 6.48. The number of hydrogen-bond donors (Lipinski definition) is 1. The van der Waals surface area contributed by atoms with Crippen LogP contribution in [0.1, 0.15) is 71.3 Å². The molecule has 0 radical (unpaired) electrons. The van der Waals surface area contributed by atoms with E-state index in [1.54, 1.807) is 0 Å². The molecule has 0 saturated heterocycles. The van der Waals surface area contributed by atoms with Crippen LogP contribution < -0.4 is 5.32 Å². The van der Waals surface area contributed by atoms with Gasteiger partial charge in [-0.1, -0.05) is 26.7 Å². The Balaban J connectivity index is 2.02. The molecule has 0 aromatic heterocycles. The maximum Gasteiger partial charge on any atom is 0.339 e. The van der Waals surface area contributed by atoms with E-state index in [2.05, 4.69) is 26.1 Å². The predicted molar refractivity (Wildman–Crippen MR) is 105 cm³/mol. The molecule has 1 fully saturated rings. The lowest BCUT2D eigenvalue weighted by atomic mass is 9.78.